The second-order valence-corrected chi connectivity index (χ2v) is 11.3. The van der Waals surface area contributed by atoms with Gasteiger partial charge in [0.05, 0.1) is 18.0 Å². The van der Waals surface area contributed by atoms with E-state index in [4.69, 9.17) is 31.3 Å². The fourth-order valence-corrected chi connectivity index (χ4v) is 4.96. The molecule has 4 aromatic rings. The van der Waals surface area contributed by atoms with E-state index in [9.17, 15) is 26.4 Å². The molecule has 0 bridgehead atoms. The number of nitrogens with zero attached hydrogens (tertiary/aromatic N) is 6. The van der Waals surface area contributed by atoms with Gasteiger partial charge in [0.15, 0.2) is 16.9 Å². The quantitative estimate of drug-likeness (QED) is 0.195. The smallest absolute Gasteiger partial charge is 0.475 e. The Kier molecular flexibility index (Phi) is 10.5. The average Bonchev–Trinajstić information content (AvgIpc) is 3.40. The zero-order valence-corrected chi connectivity index (χ0v) is 25.5. The van der Waals surface area contributed by atoms with E-state index in [-0.39, 0.29) is 40.9 Å². The minimum atomic E-state index is -5.08. The van der Waals surface area contributed by atoms with Crippen molar-refractivity contribution in [2.24, 2.45) is 5.14 Å². The monoisotopic (exact) mass is 672 g/mol. The van der Waals surface area contributed by atoms with Gasteiger partial charge < -0.3 is 20.1 Å². The number of primary sulfonamides is 1. The first-order valence-electron chi connectivity index (χ1n) is 13.7. The Balaban J connectivity index is 0.000000644. The third kappa shape index (κ3) is 8.24. The molecular formula is C29H27F3N8O6S. The number of hydrogen-bond donors (Lipinski definition) is 3. The second kappa shape index (κ2) is 14.3. The maximum atomic E-state index is 14.1. The van der Waals surface area contributed by atoms with Crippen LogP contribution in [0.3, 0.4) is 0 Å². The Morgan fingerprint density at radius 3 is 2.34 bits per heavy atom. The number of para-hydroxylation sites is 1. The average molecular weight is 673 g/mol. The first kappa shape index (κ1) is 34.4. The number of benzene rings is 2. The molecule has 1 aliphatic heterocycles. The van der Waals surface area contributed by atoms with E-state index >= 15 is 0 Å². The number of carboxylic acids is 1. The van der Waals surface area contributed by atoms with Gasteiger partial charge in [-0.2, -0.15) is 23.1 Å². The second-order valence-electron chi connectivity index (χ2n) is 9.78. The van der Waals surface area contributed by atoms with Gasteiger partial charge in [-0.15, -0.1) is 5.92 Å². The van der Waals surface area contributed by atoms with Crippen molar-refractivity contribution in [1.29, 1.82) is 0 Å². The van der Waals surface area contributed by atoms with E-state index < -0.39 is 27.7 Å². The summed E-state index contributed by atoms with van der Waals surface area (Å²) in [6.45, 7) is 12.5. The van der Waals surface area contributed by atoms with Gasteiger partial charge in [-0.3, -0.25) is 13.9 Å². The van der Waals surface area contributed by atoms with Crippen LogP contribution >= 0.6 is 0 Å². The minimum absolute atomic E-state index is 0.0124. The molecule has 14 nitrogen and oxygen atoms in total. The highest BCUT2D eigenvalue weighted by Crippen LogP contribution is 2.27. The van der Waals surface area contributed by atoms with Crippen molar-refractivity contribution in [1.82, 2.24) is 24.4 Å². The largest absolute Gasteiger partial charge is 0.490 e. The van der Waals surface area contributed by atoms with E-state index in [0.717, 1.165) is 13.1 Å². The molecule has 0 unspecified atom stereocenters. The van der Waals surface area contributed by atoms with Gasteiger partial charge in [-0.1, -0.05) is 30.2 Å². The fraction of sp³-hybridized carbons (Fsp3) is 0.276. The van der Waals surface area contributed by atoms with Crippen molar-refractivity contribution in [2.75, 3.05) is 31.1 Å². The first-order chi connectivity index (χ1) is 22.2. The van der Waals surface area contributed by atoms with Gasteiger partial charge in [-0.05, 0) is 36.8 Å². The lowest BCUT2D eigenvalue weighted by molar-refractivity contribution is -0.192. The van der Waals surface area contributed by atoms with Crippen molar-refractivity contribution in [3.8, 4) is 23.6 Å². The normalized spacial score (nSPS) is 13.1. The van der Waals surface area contributed by atoms with E-state index in [1.165, 1.54) is 28.8 Å². The van der Waals surface area contributed by atoms with Crippen molar-refractivity contribution < 1.29 is 36.2 Å². The Morgan fingerprint density at radius 2 is 1.77 bits per heavy atom. The van der Waals surface area contributed by atoms with Crippen LogP contribution in [0.2, 0.25) is 0 Å². The molecule has 47 heavy (non-hydrogen) atoms. The minimum Gasteiger partial charge on any atom is -0.475 e. The number of halogens is 3. The summed E-state index contributed by atoms with van der Waals surface area (Å²) in [6.07, 6.45) is -5.08. The highest BCUT2D eigenvalue weighted by Gasteiger charge is 2.38. The van der Waals surface area contributed by atoms with Crippen LogP contribution in [0.4, 0.5) is 24.8 Å². The van der Waals surface area contributed by atoms with E-state index in [0.29, 0.717) is 30.3 Å². The van der Waals surface area contributed by atoms with Crippen molar-refractivity contribution in [3.05, 3.63) is 75.9 Å². The highest BCUT2D eigenvalue weighted by atomic mass is 32.2. The third-order valence-corrected chi connectivity index (χ3v) is 7.60. The van der Waals surface area contributed by atoms with Crippen LogP contribution < -0.4 is 25.7 Å². The molecule has 0 radical (unpaired) electrons. The maximum Gasteiger partial charge on any atom is 0.490 e. The number of ether oxygens (including phenoxy) is 1. The molecule has 0 aliphatic carbocycles. The predicted molar refractivity (Wildman–Crippen MR) is 164 cm³/mol. The highest BCUT2D eigenvalue weighted by molar-refractivity contribution is 7.89. The predicted octanol–water partition coefficient (Wildman–Crippen LogP) is 2.70. The Bertz CT molecular complexity index is 2050. The van der Waals surface area contributed by atoms with Gasteiger partial charge in [0.25, 0.3) is 5.56 Å². The number of nitrogens with one attached hydrogen (secondary N) is 1. The maximum absolute atomic E-state index is 14.1. The zero-order chi connectivity index (χ0) is 34.4. The fourth-order valence-electron chi connectivity index (χ4n) is 4.44. The number of piperazine rings is 1. The molecule has 1 saturated heterocycles. The molecule has 0 spiro atoms. The molecule has 0 saturated carbocycles. The van der Waals surface area contributed by atoms with E-state index in [2.05, 4.69) is 31.9 Å². The summed E-state index contributed by atoms with van der Waals surface area (Å²) >= 11 is 0. The number of carboxylic acid groups (broad SMARTS) is 1. The number of aliphatic carboxylic acids is 1. The summed E-state index contributed by atoms with van der Waals surface area (Å²) in [4.78, 5) is 38.0. The number of anilines is 1. The molecule has 0 atom stereocenters. The number of fused-ring (bicyclic) bond motifs is 1. The number of aromatic nitrogens is 4. The molecule has 4 N–H and O–H groups in total. The van der Waals surface area contributed by atoms with Gasteiger partial charge in [0, 0.05) is 32.7 Å². The van der Waals surface area contributed by atoms with Crippen molar-refractivity contribution in [2.45, 2.75) is 31.1 Å². The zero-order valence-electron chi connectivity index (χ0n) is 24.7. The topological polar surface area (TPSA) is 179 Å². The van der Waals surface area contributed by atoms with Crippen LogP contribution in [0.1, 0.15) is 12.5 Å². The lowest BCUT2D eigenvalue weighted by atomic mass is 10.2. The third-order valence-electron chi connectivity index (χ3n) is 6.67. The number of rotatable bonds is 7. The summed E-state index contributed by atoms with van der Waals surface area (Å²) < 4.78 is 64.2. The number of nitrogens with two attached hydrogens (primary N) is 1. The lowest BCUT2D eigenvalue weighted by Crippen LogP contribution is -2.44. The SMILES string of the molecule is O=C(O)C(F)(F)F.[C-]#[N+]c1ccccc1Cn1c(Oc2ccc(S(N)(=O)=O)cc2)nc2nc(N3CCNCC3)n(CC#CC)c2c1=O. The molecule has 5 rings (SSSR count). The molecule has 2 aromatic carbocycles. The molecule has 3 heterocycles. The molecule has 1 fully saturated rings. The number of imidazole rings is 1. The molecular weight excluding hydrogens is 645 g/mol. The summed E-state index contributed by atoms with van der Waals surface area (Å²) in [5.74, 6) is 3.99. The van der Waals surface area contributed by atoms with Crippen LogP contribution in [0, 0.1) is 18.4 Å². The van der Waals surface area contributed by atoms with Crippen molar-refractivity contribution >= 4 is 38.8 Å². The number of hydrogen-bond acceptors (Lipinski definition) is 9. The summed E-state index contributed by atoms with van der Waals surface area (Å²) in [6, 6.07) is 12.4. The van der Waals surface area contributed by atoms with Gasteiger partial charge >= 0.3 is 18.2 Å². The molecule has 246 valence electrons. The van der Waals surface area contributed by atoms with Crippen LogP contribution in [0.5, 0.6) is 11.8 Å². The Hall–Kier alpha value is -5.43. The number of carbonyl (C=O) groups is 1. The summed E-state index contributed by atoms with van der Waals surface area (Å²) in [5, 5.41) is 15.6. The van der Waals surface area contributed by atoms with Crippen LogP contribution in [-0.2, 0) is 27.9 Å². The first-order valence-corrected chi connectivity index (χ1v) is 15.2. The lowest BCUT2D eigenvalue weighted by Gasteiger charge is -2.28. The number of sulfonamides is 1. The standard InChI is InChI=1S/C27H26N8O4S.C2HF3O2/c1-3-4-15-34-23-24(31-26(34)33-16-13-30-14-17-33)32-27(39-20-9-11-21(12-10-20)40(28,37)38)35(25(23)36)18-19-7-5-6-8-22(19)29-2;3-2(4,5)1(6)7/h5-12,30H,13-18H2,1H3,(H2,28,37,38);(H,6,7). The van der Waals surface area contributed by atoms with Gasteiger partial charge in [-0.25, -0.2) is 23.2 Å². The van der Waals surface area contributed by atoms with Crippen molar-refractivity contribution in [3.63, 3.8) is 0 Å². The Labute approximate surface area is 266 Å². The molecule has 18 heteroatoms. The van der Waals surface area contributed by atoms with E-state index in [1.54, 1.807) is 35.8 Å². The van der Waals surface area contributed by atoms with Gasteiger partial charge in [0.2, 0.25) is 16.0 Å². The van der Waals surface area contributed by atoms with Crippen LogP contribution in [0.15, 0.2) is 58.2 Å². The number of alkyl halides is 3. The van der Waals surface area contributed by atoms with Crippen LogP contribution in [0.25, 0.3) is 16.0 Å². The summed E-state index contributed by atoms with van der Waals surface area (Å²) in [5.41, 5.74) is 1.06. The summed E-state index contributed by atoms with van der Waals surface area (Å²) in [7, 11) is -3.89. The van der Waals surface area contributed by atoms with Crippen LogP contribution in [-0.4, -0.2) is 71.0 Å². The molecule has 0 amide bonds. The molecule has 1 aliphatic rings. The van der Waals surface area contributed by atoms with Gasteiger partial charge in [0.1, 0.15) is 5.75 Å². The van der Waals surface area contributed by atoms with E-state index in [1.807, 2.05) is 0 Å². The Morgan fingerprint density at radius 1 is 1.13 bits per heavy atom. The molecule has 2 aromatic heterocycles.